The van der Waals surface area contributed by atoms with E-state index in [0.717, 1.165) is 25.2 Å². The fourth-order valence-corrected chi connectivity index (χ4v) is 3.37. The Morgan fingerprint density at radius 2 is 1.74 bits per heavy atom. The summed E-state index contributed by atoms with van der Waals surface area (Å²) in [7, 11) is 4.68. The minimum Gasteiger partial charge on any atom is -0.525 e. The number of unbranched alkanes of at least 4 members (excludes halogenated alkanes) is 2. The predicted octanol–water partition coefficient (Wildman–Crippen LogP) is 2.85. The van der Waals surface area contributed by atoms with Crippen LogP contribution in [0.4, 0.5) is 5.82 Å². The molecule has 2 N–H and O–H groups in total. The van der Waals surface area contributed by atoms with E-state index in [1.807, 2.05) is 0 Å². The van der Waals surface area contributed by atoms with Gasteiger partial charge in [0.25, 0.3) is 0 Å². The molecular formula is C29H43LiN2O6-2. The van der Waals surface area contributed by atoms with E-state index in [2.05, 4.69) is 43.2 Å². The van der Waals surface area contributed by atoms with E-state index in [0.29, 0.717) is 36.0 Å². The van der Waals surface area contributed by atoms with E-state index in [1.54, 1.807) is 40.4 Å². The van der Waals surface area contributed by atoms with E-state index in [1.165, 1.54) is 36.9 Å². The molecule has 0 amide bonds. The van der Waals surface area contributed by atoms with Crippen LogP contribution in [-0.2, 0) is 17.6 Å². The standard InChI is InChI=1S/C13H19N2.C11H15O4.C5H9O2.Li/c1-2-3-4-7-12-9-8-11-6-5-10-14-13(11)15-12;1-5-15-8-6-9(12-2)11(14-4)10(7-8)13-3;1-3-4(2)5(6)7;/h8-9H,1-7,10H2,(H,14,15);6-7H,1,5H2,2-4H3;4H,1,3H2,2H3,(H,6,7);/q3*-1;+1/t;;4-;/m..0./s1. The topological polar surface area (TPSA) is 99.1 Å². The molecule has 0 saturated carbocycles. The molecule has 1 aromatic carbocycles. The van der Waals surface area contributed by atoms with Crippen molar-refractivity contribution in [1.29, 1.82) is 0 Å². The van der Waals surface area contributed by atoms with Crippen molar-refractivity contribution in [2.75, 3.05) is 39.8 Å². The third-order valence-electron chi connectivity index (χ3n) is 5.65. The number of benzene rings is 1. The van der Waals surface area contributed by atoms with Gasteiger partial charge in [-0.2, -0.15) is 12.8 Å². The smallest absolute Gasteiger partial charge is 0.525 e. The largest absolute Gasteiger partial charge is 1.00 e. The maximum Gasteiger partial charge on any atom is 1.00 e. The Balaban J connectivity index is 0.000000570. The van der Waals surface area contributed by atoms with Gasteiger partial charge in [-0.3, -0.25) is 4.79 Å². The normalized spacial score (nSPS) is 12.0. The number of ether oxygens (including phenoxy) is 4. The Morgan fingerprint density at radius 1 is 1.08 bits per heavy atom. The Hall–Kier alpha value is -2.56. The number of pyridine rings is 1. The molecule has 0 bridgehead atoms. The van der Waals surface area contributed by atoms with E-state index in [9.17, 15) is 4.79 Å². The van der Waals surface area contributed by atoms with Gasteiger partial charge in [-0.05, 0) is 37.5 Å². The number of carboxylic acid groups (broad SMARTS) is 1. The van der Waals surface area contributed by atoms with Gasteiger partial charge in [0.15, 0.2) is 11.5 Å². The number of carbonyl (C=O) groups is 1. The molecular weight excluding hydrogens is 479 g/mol. The maximum absolute atomic E-state index is 9.89. The minimum absolute atomic E-state index is 0. The molecule has 0 aliphatic carbocycles. The monoisotopic (exact) mass is 522 g/mol. The minimum atomic E-state index is -0.769. The zero-order valence-corrected chi connectivity index (χ0v) is 23.8. The van der Waals surface area contributed by atoms with Crippen molar-refractivity contribution in [2.24, 2.45) is 5.92 Å². The van der Waals surface area contributed by atoms with Crippen LogP contribution in [0.15, 0.2) is 24.3 Å². The Bertz CT molecular complexity index is 916. The fourth-order valence-electron chi connectivity index (χ4n) is 3.37. The van der Waals surface area contributed by atoms with Gasteiger partial charge in [0.2, 0.25) is 5.75 Å². The third-order valence-corrected chi connectivity index (χ3v) is 5.65. The first kappa shape index (κ1) is 35.4. The molecule has 208 valence electrons. The van der Waals surface area contributed by atoms with Crippen molar-refractivity contribution < 1.29 is 47.7 Å². The molecule has 0 spiro atoms. The van der Waals surface area contributed by atoms with Crippen molar-refractivity contribution in [3.05, 3.63) is 56.3 Å². The number of hydrogen-bond acceptors (Lipinski definition) is 7. The Kier molecular flexibility index (Phi) is 19.0. The van der Waals surface area contributed by atoms with Crippen LogP contribution in [0.25, 0.3) is 0 Å². The molecule has 0 saturated heterocycles. The van der Waals surface area contributed by atoms with Crippen molar-refractivity contribution in [3.8, 4) is 23.0 Å². The van der Waals surface area contributed by atoms with Gasteiger partial charge >= 0.3 is 24.8 Å². The number of aliphatic carboxylic acids is 1. The first-order valence-corrected chi connectivity index (χ1v) is 12.6. The molecule has 1 aliphatic heterocycles. The molecule has 8 nitrogen and oxygen atoms in total. The molecule has 3 rings (SSSR count). The summed E-state index contributed by atoms with van der Waals surface area (Å²) in [6.07, 6.45) is 7.40. The van der Waals surface area contributed by atoms with Crippen LogP contribution < -0.4 is 43.1 Å². The molecule has 1 aromatic heterocycles. The molecule has 0 unspecified atom stereocenters. The van der Waals surface area contributed by atoms with Crippen molar-refractivity contribution in [1.82, 2.24) is 4.98 Å². The van der Waals surface area contributed by atoms with Crippen molar-refractivity contribution >= 4 is 11.8 Å². The first-order chi connectivity index (χ1) is 17.8. The van der Waals surface area contributed by atoms with Gasteiger partial charge in [0, 0.05) is 30.3 Å². The summed E-state index contributed by atoms with van der Waals surface area (Å²) in [5.74, 6) is 2.39. The molecule has 0 radical (unpaired) electrons. The summed E-state index contributed by atoms with van der Waals surface area (Å²) in [5.41, 5.74) is 2.60. The summed E-state index contributed by atoms with van der Waals surface area (Å²) < 4.78 is 20.8. The van der Waals surface area contributed by atoms with E-state index in [-0.39, 0.29) is 24.8 Å². The van der Waals surface area contributed by atoms with Crippen LogP contribution in [0.2, 0.25) is 0 Å². The second-order valence-electron chi connectivity index (χ2n) is 8.39. The predicted molar refractivity (Wildman–Crippen MR) is 148 cm³/mol. The van der Waals surface area contributed by atoms with Gasteiger partial charge in [0.05, 0.1) is 21.3 Å². The molecule has 2 aromatic rings. The number of nitrogens with one attached hydrogen (secondary N) is 1. The quantitative estimate of drug-likeness (QED) is 0.264. The van der Waals surface area contributed by atoms with Crippen molar-refractivity contribution in [3.63, 3.8) is 0 Å². The number of aromatic nitrogens is 1. The summed E-state index contributed by atoms with van der Waals surface area (Å²) in [4.78, 5) is 14.5. The summed E-state index contributed by atoms with van der Waals surface area (Å²) in [5, 5.41) is 11.5. The Morgan fingerprint density at radius 3 is 2.21 bits per heavy atom. The van der Waals surface area contributed by atoms with E-state index < -0.39 is 5.97 Å². The summed E-state index contributed by atoms with van der Waals surface area (Å²) >= 11 is 0. The number of anilines is 1. The zero-order valence-electron chi connectivity index (χ0n) is 23.8. The fraction of sp³-hybridized carbons (Fsp3) is 0.483. The van der Waals surface area contributed by atoms with E-state index >= 15 is 0 Å². The average Bonchev–Trinajstić information content (AvgIpc) is 2.92. The maximum atomic E-state index is 9.89. The number of hydrogen-bond donors (Lipinski definition) is 2. The average molecular weight is 523 g/mol. The van der Waals surface area contributed by atoms with Crippen LogP contribution in [0.1, 0.15) is 50.3 Å². The molecule has 0 fully saturated rings. The van der Waals surface area contributed by atoms with Crippen molar-refractivity contribution in [2.45, 2.75) is 51.9 Å². The molecule has 9 heteroatoms. The SMILES string of the molecule is [CH2-]CCCCc1ccc2c(n1)NCCC2.[CH2-]COc1cc(OC)c(OC)c(OC)c1.[CH2-]C[C@H](C)C(=O)O.[Li+]. The Labute approximate surface area is 241 Å². The van der Waals surface area contributed by atoms with Crippen LogP contribution in [-0.4, -0.2) is 50.5 Å². The molecule has 1 atom stereocenters. The zero-order chi connectivity index (χ0) is 27.6. The van der Waals surface area contributed by atoms with Gasteiger partial charge in [-0.25, -0.2) is 4.98 Å². The second-order valence-corrected chi connectivity index (χ2v) is 8.39. The van der Waals surface area contributed by atoms with Crippen LogP contribution in [0.5, 0.6) is 23.0 Å². The summed E-state index contributed by atoms with van der Waals surface area (Å²) in [6.45, 7) is 13.9. The van der Waals surface area contributed by atoms with Crippen LogP contribution >= 0.6 is 0 Å². The van der Waals surface area contributed by atoms with Crippen LogP contribution in [0.3, 0.4) is 0 Å². The van der Waals surface area contributed by atoms with Gasteiger partial charge in [0.1, 0.15) is 11.6 Å². The second kappa shape index (κ2) is 20.4. The molecule has 1 aliphatic rings. The van der Waals surface area contributed by atoms with Crippen LogP contribution in [0, 0.1) is 26.7 Å². The number of methoxy groups -OCH3 is 3. The summed E-state index contributed by atoms with van der Waals surface area (Å²) in [6, 6.07) is 7.86. The number of rotatable bonds is 11. The third kappa shape index (κ3) is 12.3. The van der Waals surface area contributed by atoms with Gasteiger partial charge < -0.3 is 50.1 Å². The van der Waals surface area contributed by atoms with Gasteiger partial charge in [-0.15, -0.1) is 0 Å². The number of nitrogens with zero attached hydrogens (tertiary/aromatic N) is 1. The number of fused-ring (bicyclic) bond motifs is 1. The molecule has 38 heavy (non-hydrogen) atoms. The van der Waals surface area contributed by atoms with E-state index in [4.69, 9.17) is 24.1 Å². The number of carboxylic acids is 1. The van der Waals surface area contributed by atoms with Gasteiger partial charge in [-0.1, -0.05) is 25.8 Å². The number of aryl methyl sites for hydroxylation is 2. The molecule has 2 heterocycles. The first-order valence-electron chi connectivity index (χ1n) is 12.6.